The Hall–Kier alpha value is -1.78. The molecule has 2 aromatic rings. The highest BCUT2D eigenvalue weighted by Crippen LogP contribution is 2.29. The molecule has 1 aliphatic carbocycles. The number of nitrogens with two attached hydrogens (primary N) is 1. The highest BCUT2D eigenvalue weighted by atomic mass is 35.5. The molecule has 0 spiro atoms. The molecule has 1 aliphatic rings. The van der Waals surface area contributed by atoms with Crippen LogP contribution in [-0.4, -0.2) is 18.0 Å². The third-order valence-electron chi connectivity index (χ3n) is 4.08. The summed E-state index contributed by atoms with van der Waals surface area (Å²) in [6, 6.07) is 11.3. The van der Waals surface area contributed by atoms with E-state index in [0.717, 1.165) is 31.2 Å². The van der Waals surface area contributed by atoms with Crippen LogP contribution in [0.2, 0.25) is 5.02 Å². The van der Waals surface area contributed by atoms with E-state index in [1.807, 2.05) is 18.2 Å². The van der Waals surface area contributed by atoms with E-state index >= 15 is 0 Å². The fourth-order valence-corrected chi connectivity index (χ4v) is 3.01. The zero-order valence-corrected chi connectivity index (χ0v) is 13.0. The van der Waals surface area contributed by atoms with Gasteiger partial charge in [-0.3, -0.25) is 4.79 Å². The van der Waals surface area contributed by atoms with Gasteiger partial charge in [-0.25, -0.2) is 0 Å². The molecule has 1 heterocycles. The predicted octanol–water partition coefficient (Wildman–Crippen LogP) is 3.60. The number of amides is 1. The molecule has 3 rings (SSSR count). The third-order valence-corrected chi connectivity index (χ3v) is 4.41. The number of benzene rings is 1. The Bertz CT molecular complexity index is 660. The van der Waals surface area contributed by atoms with Gasteiger partial charge in [0.1, 0.15) is 5.76 Å². The Morgan fingerprint density at radius 3 is 2.59 bits per heavy atom. The molecule has 5 heteroatoms. The number of hydrogen-bond donors (Lipinski definition) is 2. The molecule has 0 bridgehead atoms. The highest BCUT2D eigenvalue weighted by molar-refractivity contribution is 6.33. The minimum atomic E-state index is -0.182. The van der Waals surface area contributed by atoms with Crippen LogP contribution in [-0.2, 0) is 0 Å². The maximum Gasteiger partial charge on any atom is 0.287 e. The second-order valence-corrected chi connectivity index (χ2v) is 6.14. The first-order valence-corrected chi connectivity index (χ1v) is 7.92. The van der Waals surface area contributed by atoms with E-state index < -0.39 is 0 Å². The molecule has 1 aromatic carbocycles. The first-order valence-electron chi connectivity index (χ1n) is 7.54. The minimum absolute atomic E-state index is 0.182. The molecule has 1 fully saturated rings. The second-order valence-electron chi connectivity index (χ2n) is 5.73. The van der Waals surface area contributed by atoms with Crippen molar-refractivity contribution in [1.82, 2.24) is 5.32 Å². The van der Waals surface area contributed by atoms with E-state index in [-0.39, 0.29) is 18.0 Å². The van der Waals surface area contributed by atoms with Crippen molar-refractivity contribution in [2.24, 2.45) is 5.73 Å². The molecule has 22 heavy (non-hydrogen) atoms. The van der Waals surface area contributed by atoms with E-state index in [4.69, 9.17) is 21.8 Å². The first-order chi connectivity index (χ1) is 10.6. The van der Waals surface area contributed by atoms with E-state index in [9.17, 15) is 4.79 Å². The van der Waals surface area contributed by atoms with Gasteiger partial charge in [-0.2, -0.15) is 0 Å². The number of halogens is 1. The van der Waals surface area contributed by atoms with Crippen LogP contribution < -0.4 is 11.1 Å². The van der Waals surface area contributed by atoms with Crippen LogP contribution in [0.1, 0.15) is 36.2 Å². The zero-order valence-electron chi connectivity index (χ0n) is 12.2. The predicted molar refractivity (Wildman–Crippen MR) is 86.9 cm³/mol. The number of carbonyl (C=O) groups excluding carboxylic acids is 1. The quantitative estimate of drug-likeness (QED) is 0.908. The van der Waals surface area contributed by atoms with Crippen LogP contribution in [0.25, 0.3) is 11.3 Å². The van der Waals surface area contributed by atoms with Gasteiger partial charge >= 0.3 is 0 Å². The van der Waals surface area contributed by atoms with Crippen molar-refractivity contribution in [2.45, 2.75) is 37.8 Å². The van der Waals surface area contributed by atoms with Crippen LogP contribution in [0.5, 0.6) is 0 Å². The summed E-state index contributed by atoms with van der Waals surface area (Å²) in [7, 11) is 0. The Labute approximate surface area is 134 Å². The highest BCUT2D eigenvalue weighted by Gasteiger charge is 2.22. The minimum Gasteiger partial charge on any atom is -0.451 e. The number of rotatable bonds is 3. The Kier molecular flexibility index (Phi) is 4.50. The Morgan fingerprint density at radius 2 is 1.86 bits per heavy atom. The van der Waals surface area contributed by atoms with Crippen molar-refractivity contribution in [3.63, 3.8) is 0 Å². The van der Waals surface area contributed by atoms with Gasteiger partial charge in [0, 0.05) is 17.6 Å². The van der Waals surface area contributed by atoms with Crippen LogP contribution >= 0.6 is 11.6 Å². The molecule has 0 saturated heterocycles. The van der Waals surface area contributed by atoms with Crippen molar-refractivity contribution < 1.29 is 9.21 Å². The fraction of sp³-hybridized carbons (Fsp3) is 0.353. The van der Waals surface area contributed by atoms with E-state index in [1.165, 1.54) is 0 Å². The lowest BCUT2D eigenvalue weighted by atomic mass is 9.92. The topological polar surface area (TPSA) is 68.3 Å². The Morgan fingerprint density at radius 1 is 1.14 bits per heavy atom. The van der Waals surface area contributed by atoms with Crippen molar-refractivity contribution in [1.29, 1.82) is 0 Å². The SMILES string of the molecule is NC1CCC(NC(=O)c2ccc(-c3ccccc3Cl)o2)CC1. The molecule has 0 atom stereocenters. The lowest BCUT2D eigenvalue weighted by Crippen LogP contribution is -2.40. The molecule has 4 nitrogen and oxygen atoms in total. The molecule has 0 radical (unpaired) electrons. The molecule has 1 amide bonds. The summed E-state index contributed by atoms with van der Waals surface area (Å²) in [6.45, 7) is 0. The summed E-state index contributed by atoms with van der Waals surface area (Å²) >= 11 is 6.14. The number of carbonyl (C=O) groups is 1. The molecule has 116 valence electrons. The average Bonchev–Trinajstić information content (AvgIpc) is 3.00. The summed E-state index contributed by atoms with van der Waals surface area (Å²) in [5.41, 5.74) is 6.66. The fourth-order valence-electron chi connectivity index (χ4n) is 2.79. The molecule has 0 unspecified atom stereocenters. The van der Waals surface area contributed by atoms with Crippen LogP contribution in [0.4, 0.5) is 0 Å². The van der Waals surface area contributed by atoms with Gasteiger partial charge < -0.3 is 15.5 Å². The second kappa shape index (κ2) is 6.55. The maximum absolute atomic E-state index is 12.3. The smallest absolute Gasteiger partial charge is 0.287 e. The van der Waals surface area contributed by atoms with Crippen LogP contribution in [0.15, 0.2) is 40.8 Å². The van der Waals surface area contributed by atoms with Gasteiger partial charge in [-0.1, -0.05) is 23.7 Å². The molecule has 1 saturated carbocycles. The largest absolute Gasteiger partial charge is 0.451 e. The standard InChI is InChI=1S/C17H19ClN2O2/c18-14-4-2-1-3-13(14)15-9-10-16(22-15)17(21)20-12-7-5-11(19)6-8-12/h1-4,9-12H,5-8,19H2,(H,20,21). The summed E-state index contributed by atoms with van der Waals surface area (Å²) < 4.78 is 5.65. The lowest BCUT2D eigenvalue weighted by Gasteiger charge is -2.26. The van der Waals surface area contributed by atoms with Crippen molar-refractivity contribution in [2.75, 3.05) is 0 Å². The van der Waals surface area contributed by atoms with Crippen molar-refractivity contribution in [3.05, 3.63) is 47.2 Å². The Balaban J connectivity index is 1.68. The zero-order chi connectivity index (χ0) is 15.5. The van der Waals surface area contributed by atoms with Crippen LogP contribution in [0, 0.1) is 0 Å². The number of hydrogen-bond acceptors (Lipinski definition) is 3. The molecular weight excluding hydrogens is 300 g/mol. The van der Waals surface area contributed by atoms with E-state index in [1.54, 1.807) is 18.2 Å². The third kappa shape index (κ3) is 3.34. The average molecular weight is 319 g/mol. The van der Waals surface area contributed by atoms with Gasteiger partial charge in [0.05, 0.1) is 5.02 Å². The van der Waals surface area contributed by atoms with Gasteiger partial charge in [-0.15, -0.1) is 0 Å². The monoisotopic (exact) mass is 318 g/mol. The first kappa shape index (κ1) is 15.1. The summed E-state index contributed by atoms with van der Waals surface area (Å²) in [5, 5.41) is 3.62. The number of nitrogens with one attached hydrogen (secondary N) is 1. The van der Waals surface area contributed by atoms with Crippen molar-refractivity contribution in [3.8, 4) is 11.3 Å². The van der Waals surface area contributed by atoms with Crippen LogP contribution in [0.3, 0.4) is 0 Å². The van der Waals surface area contributed by atoms with E-state index in [2.05, 4.69) is 5.32 Å². The lowest BCUT2D eigenvalue weighted by molar-refractivity contribution is 0.0898. The maximum atomic E-state index is 12.3. The normalized spacial score (nSPS) is 21.5. The summed E-state index contributed by atoms with van der Waals surface area (Å²) in [6.07, 6.45) is 3.75. The van der Waals surface area contributed by atoms with Gasteiger partial charge in [-0.05, 0) is 49.9 Å². The molecule has 3 N–H and O–H groups in total. The van der Waals surface area contributed by atoms with E-state index in [0.29, 0.717) is 16.5 Å². The van der Waals surface area contributed by atoms with Gasteiger partial charge in [0.15, 0.2) is 5.76 Å². The summed E-state index contributed by atoms with van der Waals surface area (Å²) in [4.78, 5) is 12.3. The van der Waals surface area contributed by atoms with Gasteiger partial charge in [0.25, 0.3) is 5.91 Å². The number of furan rings is 1. The van der Waals surface area contributed by atoms with Crippen molar-refractivity contribution >= 4 is 17.5 Å². The van der Waals surface area contributed by atoms with Gasteiger partial charge in [0.2, 0.25) is 0 Å². The summed E-state index contributed by atoms with van der Waals surface area (Å²) in [5.74, 6) is 0.727. The molecule has 1 aromatic heterocycles. The molecule has 0 aliphatic heterocycles. The molecular formula is C17H19ClN2O2.